The van der Waals surface area contributed by atoms with Crippen LogP contribution in [0.4, 0.5) is 0 Å². The molecule has 1 fully saturated rings. The van der Waals surface area contributed by atoms with Gasteiger partial charge >= 0.3 is 0 Å². The molecular weight excluding hydrogens is 330 g/mol. The number of aryl methyl sites for hydroxylation is 1. The van der Waals surface area contributed by atoms with Crippen molar-refractivity contribution in [3.05, 3.63) is 47.5 Å². The number of hydrogen-bond donors (Lipinski definition) is 1. The summed E-state index contributed by atoms with van der Waals surface area (Å²) in [5.41, 5.74) is 1.70. The fourth-order valence-corrected chi connectivity index (χ4v) is 3.64. The molecule has 1 aromatic heterocycles. The molecule has 136 valence electrons. The highest BCUT2D eigenvalue weighted by Crippen LogP contribution is 2.16. The first-order valence-electron chi connectivity index (χ1n) is 9.23. The van der Waals surface area contributed by atoms with Crippen molar-refractivity contribution in [2.45, 2.75) is 51.2 Å². The summed E-state index contributed by atoms with van der Waals surface area (Å²) >= 11 is 0. The average Bonchev–Trinajstić information content (AvgIpc) is 3.12. The van der Waals surface area contributed by atoms with Gasteiger partial charge in [0.25, 0.3) is 5.91 Å². The average molecular weight is 353 g/mol. The summed E-state index contributed by atoms with van der Waals surface area (Å²) in [4.78, 5) is 30.5. The van der Waals surface area contributed by atoms with Gasteiger partial charge in [0.05, 0.1) is 0 Å². The summed E-state index contributed by atoms with van der Waals surface area (Å²) in [6, 6.07) is 7.64. The molecule has 1 atom stereocenters. The Balaban J connectivity index is 1.34. The van der Waals surface area contributed by atoms with Gasteiger partial charge in [-0.05, 0) is 37.0 Å². The maximum absolute atomic E-state index is 12.5. The van der Waals surface area contributed by atoms with Crippen LogP contribution in [-0.2, 0) is 24.3 Å². The van der Waals surface area contributed by atoms with Crippen LogP contribution in [0.1, 0.15) is 47.4 Å². The van der Waals surface area contributed by atoms with Crippen LogP contribution in [0.3, 0.4) is 0 Å². The molecule has 1 saturated heterocycles. The number of rotatable bonds is 4. The number of likely N-dealkylation sites (tertiary alicyclic amines) is 1. The Bertz CT molecular complexity index is 799. The first-order valence-corrected chi connectivity index (χ1v) is 9.23. The number of amides is 2. The van der Waals surface area contributed by atoms with Crippen LogP contribution in [0, 0.1) is 0 Å². The normalized spacial score (nSPS) is 19.9. The zero-order chi connectivity index (χ0) is 17.9. The largest absolute Gasteiger partial charge is 0.349 e. The van der Waals surface area contributed by atoms with Crippen molar-refractivity contribution in [2.75, 3.05) is 6.54 Å². The number of fused-ring (bicyclic) bond motifs is 1. The van der Waals surface area contributed by atoms with Crippen molar-refractivity contribution in [3.63, 3.8) is 0 Å². The first kappa shape index (κ1) is 16.8. The summed E-state index contributed by atoms with van der Waals surface area (Å²) in [7, 11) is 0. The second-order valence-corrected chi connectivity index (χ2v) is 7.03. The number of nitrogens with one attached hydrogen (secondary N) is 1. The maximum atomic E-state index is 12.5. The minimum atomic E-state index is -0.0661. The lowest BCUT2D eigenvalue weighted by atomic mass is 10.0. The molecule has 0 spiro atoms. The third kappa shape index (κ3) is 3.61. The molecule has 2 aliphatic rings. The van der Waals surface area contributed by atoms with Gasteiger partial charge < -0.3 is 10.2 Å². The Kier molecular flexibility index (Phi) is 4.69. The second-order valence-electron chi connectivity index (χ2n) is 7.03. The molecule has 2 aromatic rings. The quantitative estimate of drug-likeness (QED) is 0.904. The zero-order valence-electron chi connectivity index (χ0n) is 14.7. The minimum Gasteiger partial charge on any atom is -0.349 e. The molecule has 3 heterocycles. The summed E-state index contributed by atoms with van der Waals surface area (Å²) < 4.78 is 1.89. The predicted octanol–water partition coefficient (Wildman–Crippen LogP) is 1.54. The lowest BCUT2D eigenvalue weighted by molar-refractivity contribution is -0.133. The number of hydrogen-bond acceptors (Lipinski definition) is 4. The monoisotopic (exact) mass is 353 g/mol. The van der Waals surface area contributed by atoms with E-state index in [9.17, 15) is 9.59 Å². The van der Waals surface area contributed by atoms with Gasteiger partial charge in [-0.25, -0.2) is 9.67 Å². The van der Waals surface area contributed by atoms with Crippen LogP contribution in [-0.4, -0.2) is 44.1 Å². The molecular formula is C19H23N5O2. The topological polar surface area (TPSA) is 80.1 Å². The number of piperidine rings is 1. The molecule has 1 unspecified atom stereocenters. The molecule has 26 heavy (non-hydrogen) atoms. The highest BCUT2D eigenvalue weighted by atomic mass is 16.2. The van der Waals surface area contributed by atoms with Crippen molar-refractivity contribution in [1.29, 1.82) is 0 Å². The highest BCUT2D eigenvalue weighted by molar-refractivity contribution is 5.94. The van der Waals surface area contributed by atoms with Crippen molar-refractivity contribution in [1.82, 2.24) is 25.0 Å². The molecule has 0 radical (unpaired) electrons. The number of carbonyl (C=O) groups is 2. The number of nitrogens with zero attached hydrogens (tertiary/aromatic N) is 4. The van der Waals surface area contributed by atoms with Gasteiger partial charge in [-0.1, -0.05) is 12.1 Å². The van der Waals surface area contributed by atoms with E-state index in [1.165, 1.54) is 0 Å². The van der Waals surface area contributed by atoms with E-state index in [-0.39, 0.29) is 17.9 Å². The molecule has 0 saturated carbocycles. The number of carbonyl (C=O) groups excluding carboxylic acids is 2. The van der Waals surface area contributed by atoms with Gasteiger partial charge in [0.2, 0.25) is 5.91 Å². The minimum absolute atomic E-state index is 0.0661. The Morgan fingerprint density at radius 2 is 2.04 bits per heavy atom. The van der Waals surface area contributed by atoms with Crippen molar-refractivity contribution >= 4 is 11.8 Å². The van der Waals surface area contributed by atoms with Gasteiger partial charge in [-0.15, -0.1) is 0 Å². The van der Waals surface area contributed by atoms with Crippen LogP contribution in [0.25, 0.3) is 0 Å². The van der Waals surface area contributed by atoms with Gasteiger partial charge in [-0.3, -0.25) is 9.59 Å². The Hall–Kier alpha value is -2.70. The van der Waals surface area contributed by atoms with Crippen molar-refractivity contribution in [3.8, 4) is 0 Å². The van der Waals surface area contributed by atoms with E-state index in [0.29, 0.717) is 24.9 Å². The van der Waals surface area contributed by atoms with Crippen molar-refractivity contribution < 1.29 is 9.59 Å². The summed E-state index contributed by atoms with van der Waals surface area (Å²) in [5.74, 6) is 1.08. The molecule has 0 aliphatic carbocycles. The Morgan fingerprint density at radius 1 is 1.19 bits per heavy atom. The standard InChI is InChI=1S/C19H23N5O2/c25-18-3-1-2-9-23(18)12-14-4-6-15(7-5-14)19(26)22-16-8-10-24-17(11-16)20-13-21-24/h4-7,13,16H,1-3,8-12H2,(H,22,26). The van der Waals surface area contributed by atoms with Crippen molar-refractivity contribution in [2.24, 2.45) is 0 Å². The third-order valence-electron chi connectivity index (χ3n) is 5.16. The summed E-state index contributed by atoms with van der Waals surface area (Å²) in [6.07, 6.45) is 5.84. The Labute approximate surface area is 152 Å². The molecule has 2 amide bonds. The predicted molar refractivity (Wildman–Crippen MR) is 95.3 cm³/mol. The Morgan fingerprint density at radius 3 is 2.85 bits per heavy atom. The van der Waals surface area contributed by atoms with Crippen LogP contribution >= 0.6 is 0 Å². The van der Waals surface area contributed by atoms with Crippen LogP contribution in [0.2, 0.25) is 0 Å². The number of benzene rings is 1. The third-order valence-corrected chi connectivity index (χ3v) is 5.16. The molecule has 4 rings (SSSR count). The van der Waals surface area contributed by atoms with Crippen LogP contribution in [0.15, 0.2) is 30.6 Å². The van der Waals surface area contributed by atoms with E-state index in [4.69, 9.17) is 0 Å². The van der Waals surface area contributed by atoms with E-state index >= 15 is 0 Å². The maximum Gasteiger partial charge on any atom is 0.251 e. The lowest BCUT2D eigenvalue weighted by Gasteiger charge is -2.26. The highest BCUT2D eigenvalue weighted by Gasteiger charge is 2.22. The number of aromatic nitrogens is 3. The molecule has 1 aromatic carbocycles. The smallest absolute Gasteiger partial charge is 0.251 e. The van der Waals surface area contributed by atoms with E-state index in [0.717, 1.165) is 43.7 Å². The summed E-state index contributed by atoms with van der Waals surface area (Å²) in [6.45, 7) is 2.23. The molecule has 7 nitrogen and oxygen atoms in total. The van der Waals surface area contributed by atoms with Crippen LogP contribution < -0.4 is 5.32 Å². The van der Waals surface area contributed by atoms with Gasteiger partial charge in [0.15, 0.2) is 0 Å². The van der Waals surface area contributed by atoms with E-state index in [1.807, 2.05) is 33.8 Å². The van der Waals surface area contributed by atoms with E-state index in [1.54, 1.807) is 6.33 Å². The molecule has 1 N–H and O–H groups in total. The zero-order valence-corrected chi connectivity index (χ0v) is 14.7. The fraction of sp³-hybridized carbons (Fsp3) is 0.474. The van der Waals surface area contributed by atoms with Gasteiger partial charge in [-0.2, -0.15) is 5.10 Å². The van der Waals surface area contributed by atoms with Gasteiger partial charge in [0.1, 0.15) is 12.2 Å². The second kappa shape index (κ2) is 7.27. The van der Waals surface area contributed by atoms with E-state index in [2.05, 4.69) is 15.4 Å². The SMILES string of the molecule is O=C(NC1CCn2ncnc2C1)c1ccc(CN2CCCCC2=O)cc1. The van der Waals surface area contributed by atoms with E-state index < -0.39 is 0 Å². The summed E-state index contributed by atoms with van der Waals surface area (Å²) in [5, 5.41) is 7.25. The molecule has 2 aliphatic heterocycles. The molecule has 0 bridgehead atoms. The van der Waals surface area contributed by atoms with Crippen LogP contribution in [0.5, 0.6) is 0 Å². The lowest BCUT2D eigenvalue weighted by Crippen LogP contribution is -2.40. The van der Waals surface area contributed by atoms with Gasteiger partial charge in [0, 0.05) is 44.1 Å². The first-order chi connectivity index (χ1) is 12.7. The fourth-order valence-electron chi connectivity index (χ4n) is 3.64. The molecule has 7 heteroatoms.